The monoisotopic (exact) mass is 198 g/mol. The Labute approximate surface area is 82.9 Å². The van der Waals surface area contributed by atoms with Gasteiger partial charge in [0, 0.05) is 6.08 Å². The predicted octanol–water partition coefficient (Wildman–Crippen LogP) is 1.20. The van der Waals surface area contributed by atoms with Gasteiger partial charge in [0.2, 0.25) is 6.10 Å². The van der Waals surface area contributed by atoms with Crippen molar-refractivity contribution in [1.29, 1.82) is 0 Å². The molecular formula is C10H14O4. The minimum atomic E-state index is -0.746. The molecule has 1 aliphatic rings. The summed E-state index contributed by atoms with van der Waals surface area (Å²) in [4.78, 5) is 22.2. The molecule has 0 fully saturated rings. The van der Waals surface area contributed by atoms with Crippen molar-refractivity contribution in [2.75, 3.05) is 6.61 Å². The summed E-state index contributed by atoms with van der Waals surface area (Å²) < 4.78 is 9.89. The van der Waals surface area contributed by atoms with Gasteiger partial charge in [-0.15, -0.1) is 0 Å². The average molecular weight is 198 g/mol. The number of hydrogen-bond acceptors (Lipinski definition) is 4. The van der Waals surface area contributed by atoms with Crippen LogP contribution in [0.15, 0.2) is 12.3 Å². The Morgan fingerprint density at radius 2 is 2.50 bits per heavy atom. The molecule has 0 saturated heterocycles. The molecule has 0 N–H and O–H groups in total. The molecule has 0 bridgehead atoms. The highest BCUT2D eigenvalue weighted by Gasteiger charge is 2.25. The van der Waals surface area contributed by atoms with Gasteiger partial charge in [-0.05, 0) is 6.42 Å². The number of ketones is 1. The smallest absolute Gasteiger partial charge is 0.347 e. The van der Waals surface area contributed by atoms with E-state index in [1.165, 1.54) is 12.3 Å². The SMILES string of the molecule is CCCCOC(=O)[C@@H]1CC(=O)C=CO1. The molecule has 14 heavy (non-hydrogen) atoms. The third-order valence-electron chi connectivity index (χ3n) is 1.89. The normalized spacial score (nSPS) is 20.4. The zero-order chi connectivity index (χ0) is 10.4. The molecule has 4 nitrogen and oxygen atoms in total. The standard InChI is InChI=1S/C10H14O4/c1-2-3-5-14-10(12)9-7-8(11)4-6-13-9/h4,6,9H,2-3,5,7H2,1H3/t9-/m0/s1. The summed E-state index contributed by atoms with van der Waals surface area (Å²) in [5.41, 5.74) is 0. The zero-order valence-electron chi connectivity index (χ0n) is 8.19. The molecule has 1 aliphatic heterocycles. The third-order valence-corrected chi connectivity index (χ3v) is 1.89. The number of rotatable bonds is 4. The van der Waals surface area contributed by atoms with Crippen molar-refractivity contribution in [3.05, 3.63) is 12.3 Å². The number of carbonyl (C=O) groups excluding carboxylic acids is 2. The Morgan fingerprint density at radius 3 is 3.14 bits per heavy atom. The summed E-state index contributed by atoms with van der Waals surface area (Å²) in [6.07, 6.45) is 3.71. The molecule has 0 radical (unpaired) electrons. The molecule has 78 valence electrons. The van der Waals surface area contributed by atoms with E-state index in [0.29, 0.717) is 6.61 Å². The van der Waals surface area contributed by atoms with Crippen LogP contribution in [0.25, 0.3) is 0 Å². The first-order chi connectivity index (χ1) is 6.74. The maximum absolute atomic E-state index is 11.3. The number of unbranched alkanes of at least 4 members (excludes halogenated alkanes) is 1. The third kappa shape index (κ3) is 3.20. The highest BCUT2D eigenvalue weighted by molar-refractivity contribution is 5.94. The van der Waals surface area contributed by atoms with Crippen LogP contribution in [0.5, 0.6) is 0 Å². The van der Waals surface area contributed by atoms with Gasteiger partial charge in [0.1, 0.15) is 0 Å². The van der Waals surface area contributed by atoms with Crippen LogP contribution in [0, 0.1) is 0 Å². The van der Waals surface area contributed by atoms with Crippen molar-refractivity contribution in [2.45, 2.75) is 32.3 Å². The van der Waals surface area contributed by atoms with E-state index in [9.17, 15) is 9.59 Å². The van der Waals surface area contributed by atoms with Crippen LogP contribution < -0.4 is 0 Å². The molecule has 0 aromatic carbocycles. The summed E-state index contributed by atoms with van der Waals surface area (Å²) in [5.74, 6) is -0.551. The summed E-state index contributed by atoms with van der Waals surface area (Å²) >= 11 is 0. The minimum Gasteiger partial charge on any atom is -0.486 e. The van der Waals surface area contributed by atoms with Gasteiger partial charge in [0.05, 0.1) is 19.3 Å². The van der Waals surface area contributed by atoms with Crippen LogP contribution in [0.2, 0.25) is 0 Å². The van der Waals surface area contributed by atoms with Gasteiger partial charge in [0.25, 0.3) is 0 Å². The van der Waals surface area contributed by atoms with Crippen LogP contribution in [0.1, 0.15) is 26.2 Å². The molecule has 0 unspecified atom stereocenters. The quantitative estimate of drug-likeness (QED) is 0.503. The minimum absolute atomic E-state index is 0.0848. The number of ether oxygens (including phenoxy) is 2. The van der Waals surface area contributed by atoms with E-state index >= 15 is 0 Å². The lowest BCUT2D eigenvalue weighted by atomic mass is 10.1. The summed E-state index contributed by atoms with van der Waals surface area (Å²) in [7, 11) is 0. The van der Waals surface area contributed by atoms with Crippen molar-refractivity contribution in [1.82, 2.24) is 0 Å². The van der Waals surface area contributed by atoms with Gasteiger partial charge in [-0.1, -0.05) is 13.3 Å². The van der Waals surface area contributed by atoms with Gasteiger partial charge in [-0.3, -0.25) is 4.79 Å². The van der Waals surface area contributed by atoms with Crippen molar-refractivity contribution in [2.24, 2.45) is 0 Å². The molecule has 0 saturated carbocycles. The summed E-state index contributed by atoms with van der Waals surface area (Å²) in [5, 5.41) is 0. The van der Waals surface area contributed by atoms with Gasteiger partial charge in [0.15, 0.2) is 5.78 Å². The van der Waals surface area contributed by atoms with Gasteiger partial charge in [-0.2, -0.15) is 0 Å². The molecule has 0 spiro atoms. The number of hydrogen-bond donors (Lipinski definition) is 0. The second kappa shape index (κ2) is 5.42. The number of allylic oxidation sites excluding steroid dienone is 1. The van der Waals surface area contributed by atoms with Crippen LogP contribution in [0.4, 0.5) is 0 Å². The van der Waals surface area contributed by atoms with E-state index in [2.05, 4.69) is 0 Å². The van der Waals surface area contributed by atoms with Crippen LogP contribution in [-0.2, 0) is 19.1 Å². The maximum Gasteiger partial charge on any atom is 0.347 e. The van der Waals surface area contributed by atoms with E-state index < -0.39 is 12.1 Å². The molecule has 0 aromatic heterocycles. The second-order valence-electron chi connectivity index (χ2n) is 3.12. The number of carbonyl (C=O) groups is 2. The lowest BCUT2D eigenvalue weighted by molar-refractivity contribution is -0.156. The van der Waals surface area contributed by atoms with E-state index in [1.807, 2.05) is 6.92 Å². The topological polar surface area (TPSA) is 52.6 Å². The van der Waals surface area contributed by atoms with Crippen LogP contribution in [0.3, 0.4) is 0 Å². The van der Waals surface area contributed by atoms with E-state index in [0.717, 1.165) is 12.8 Å². The van der Waals surface area contributed by atoms with Crippen LogP contribution >= 0.6 is 0 Å². The molecule has 1 heterocycles. The lowest BCUT2D eigenvalue weighted by Crippen LogP contribution is -2.29. The first-order valence-electron chi connectivity index (χ1n) is 4.75. The van der Waals surface area contributed by atoms with E-state index in [1.54, 1.807) is 0 Å². The highest BCUT2D eigenvalue weighted by atomic mass is 16.6. The fourth-order valence-electron chi connectivity index (χ4n) is 1.06. The zero-order valence-corrected chi connectivity index (χ0v) is 8.19. The fourth-order valence-corrected chi connectivity index (χ4v) is 1.06. The highest BCUT2D eigenvalue weighted by Crippen LogP contribution is 2.09. The Balaban J connectivity index is 2.30. The molecule has 0 amide bonds. The van der Waals surface area contributed by atoms with E-state index in [-0.39, 0.29) is 12.2 Å². The molecular weight excluding hydrogens is 184 g/mol. The molecule has 0 aromatic rings. The summed E-state index contributed by atoms with van der Waals surface area (Å²) in [6, 6.07) is 0. The first kappa shape index (κ1) is 10.8. The molecule has 4 heteroatoms. The Bertz CT molecular complexity index is 245. The van der Waals surface area contributed by atoms with Gasteiger partial charge in [-0.25, -0.2) is 4.79 Å². The molecule has 1 atom stereocenters. The first-order valence-corrected chi connectivity index (χ1v) is 4.75. The Morgan fingerprint density at radius 1 is 1.71 bits per heavy atom. The van der Waals surface area contributed by atoms with Crippen molar-refractivity contribution < 1.29 is 19.1 Å². The fraction of sp³-hybridized carbons (Fsp3) is 0.600. The Kier molecular flexibility index (Phi) is 4.16. The second-order valence-corrected chi connectivity index (χ2v) is 3.12. The molecule has 1 rings (SSSR count). The van der Waals surface area contributed by atoms with E-state index in [4.69, 9.17) is 9.47 Å². The largest absolute Gasteiger partial charge is 0.486 e. The maximum atomic E-state index is 11.3. The Hall–Kier alpha value is -1.32. The van der Waals surface area contributed by atoms with Gasteiger partial charge < -0.3 is 9.47 Å². The average Bonchev–Trinajstić information content (AvgIpc) is 2.18. The number of esters is 1. The van der Waals surface area contributed by atoms with Gasteiger partial charge >= 0.3 is 5.97 Å². The van der Waals surface area contributed by atoms with Crippen LogP contribution in [-0.4, -0.2) is 24.5 Å². The van der Waals surface area contributed by atoms with Crippen molar-refractivity contribution in [3.8, 4) is 0 Å². The summed E-state index contributed by atoms with van der Waals surface area (Å²) in [6.45, 7) is 2.41. The predicted molar refractivity (Wildman–Crippen MR) is 49.5 cm³/mol. The van der Waals surface area contributed by atoms with Crippen molar-refractivity contribution >= 4 is 11.8 Å². The lowest BCUT2D eigenvalue weighted by Gasteiger charge is -2.16. The molecule has 0 aliphatic carbocycles. The van der Waals surface area contributed by atoms with Crippen molar-refractivity contribution in [3.63, 3.8) is 0 Å².